The molecule has 0 N–H and O–H groups in total. The Bertz CT molecular complexity index is 194. The topological polar surface area (TPSA) is 40.6 Å². The molecular formula is C9H16N2O2. The Labute approximate surface area is 78.5 Å². The average Bonchev–Trinajstić information content (AvgIpc) is 2.15. The van der Waals surface area contributed by atoms with E-state index in [1.54, 1.807) is 0 Å². The fourth-order valence-corrected chi connectivity index (χ4v) is 1.52. The molecule has 1 saturated heterocycles. The van der Waals surface area contributed by atoms with Gasteiger partial charge in [-0.05, 0) is 6.92 Å². The fourth-order valence-electron chi connectivity index (χ4n) is 1.52. The minimum atomic E-state index is 0.180. The molecule has 1 aliphatic heterocycles. The molecule has 0 spiro atoms. The van der Waals surface area contributed by atoms with Gasteiger partial charge >= 0.3 is 0 Å². The van der Waals surface area contributed by atoms with Gasteiger partial charge in [0.25, 0.3) is 0 Å². The molecule has 0 aromatic rings. The third-order valence-corrected chi connectivity index (χ3v) is 2.34. The van der Waals surface area contributed by atoms with Crippen molar-refractivity contribution in [3.05, 3.63) is 0 Å². The van der Waals surface area contributed by atoms with E-state index in [1.165, 1.54) is 0 Å². The van der Waals surface area contributed by atoms with Crippen molar-refractivity contribution in [3.63, 3.8) is 0 Å². The molecule has 74 valence electrons. The van der Waals surface area contributed by atoms with Gasteiger partial charge in [-0.15, -0.1) is 0 Å². The normalized spacial score (nSPS) is 19.2. The highest BCUT2D eigenvalue weighted by Crippen LogP contribution is 2.02. The number of rotatable bonds is 4. The molecule has 0 aromatic heterocycles. The zero-order valence-corrected chi connectivity index (χ0v) is 8.03. The van der Waals surface area contributed by atoms with Crippen molar-refractivity contribution >= 4 is 12.2 Å². The molecule has 13 heavy (non-hydrogen) atoms. The summed E-state index contributed by atoms with van der Waals surface area (Å²) in [4.78, 5) is 25.4. The van der Waals surface area contributed by atoms with Crippen LogP contribution in [0.1, 0.15) is 13.3 Å². The summed E-state index contributed by atoms with van der Waals surface area (Å²) in [6.45, 7) is 5.66. The van der Waals surface area contributed by atoms with Gasteiger partial charge in [-0.2, -0.15) is 0 Å². The second kappa shape index (κ2) is 4.97. The summed E-state index contributed by atoms with van der Waals surface area (Å²) in [6.07, 6.45) is 1.43. The Morgan fingerprint density at radius 2 is 2.23 bits per heavy atom. The van der Waals surface area contributed by atoms with Crippen molar-refractivity contribution in [2.24, 2.45) is 0 Å². The van der Waals surface area contributed by atoms with Crippen molar-refractivity contribution in [2.75, 3.05) is 32.7 Å². The molecular weight excluding hydrogens is 168 g/mol. The van der Waals surface area contributed by atoms with Crippen LogP contribution in [0.25, 0.3) is 0 Å². The monoisotopic (exact) mass is 184 g/mol. The van der Waals surface area contributed by atoms with Gasteiger partial charge in [0.2, 0.25) is 5.91 Å². The summed E-state index contributed by atoms with van der Waals surface area (Å²) in [5, 5.41) is 0. The zero-order chi connectivity index (χ0) is 9.68. The molecule has 1 amide bonds. The minimum Gasteiger partial charge on any atom is -0.341 e. The Morgan fingerprint density at radius 1 is 1.46 bits per heavy atom. The molecule has 0 aliphatic carbocycles. The maximum absolute atomic E-state index is 11.4. The minimum absolute atomic E-state index is 0.180. The molecule has 1 rings (SSSR count). The number of carbonyl (C=O) groups excluding carboxylic acids is 2. The lowest BCUT2D eigenvalue weighted by atomic mass is 10.3. The van der Waals surface area contributed by atoms with Crippen LogP contribution in [0.3, 0.4) is 0 Å². The average molecular weight is 184 g/mol. The van der Waals surface area contributed by atoms with E-state index in [4.69, 9.17) is 0 Å². The number of hydrogen-bond donors (Lipinski definition) is 0. The van der Waals surface area contributed by atoms with Crippen LogP contribution in [0.2, 0.25) is 0 Å². The van der Waals surface area contributed by atoms with Crippen LogP contribution < -0.4 is 0 Å². The molecule has 0 unspecified atom stereocenters. The lowest BCUT2D eigenvalue weighted by molar-refractivity contribution is -0.135. The number of aldehydes is 1. The lowest BCUT2D eigenvalue weighted by Crippen LogP contribution is -2.50. The molecule has 1 aliphatic rings. The molecule has 1 heterocycles. The third kappa shape index (κ3) is 2.81. The molecule has 1 fully saturated rings. The highest BCUT2D eigenvalue weighted by molar-refractivity contribution is 5.79. The van der Waals surface area contributed by atoms with Crippen LogP contribution >= 0.6 is 0 Å². The van der Waals surface area contributed by atoms with Crippen LogP contribution in [0.4, 0.5) is 0 Å². The van der Waals surface area contributed by atoms with E-state index < -0.39 is 0 Å². The van der Waals surface area contributed by atoms with Crippen molar-refractivity contribution < 1.29 is 9.59 Å². The van der Waals surface area contributed by atoms with E-state index in [9.17, 15) is 9.59 Å². The van der Waals surface area contributed by atoms with Crippen LogP contribution in [-0.4, -0.2) is 54.7 Å². The van der Waals surface area contributed by atoms with E-state index >= 15 is 0 Å². The van der Waals surface area contributed by atoms with Gasteiger partial charge < -0.3 is 9.69 Å². The van der Waals surface area contributed by atoms with Crippen molar-refractivity contribution in [2.45, 2.75) is 13.3 Å². The van der Waals surface area contributed by atoms with E-state index in [0.29, 0.717) is 19.5 Å². The molecule has 0 saturated carbocycles. The number of piperazine rings is 1. The second-order valence-electron chi connectivity index (χ2n) is 3.20. The highest BCUT2D eigenvalue weighted by atomic mass is 16.2. The Morgan fingerprint density at radius 3 is 2.77 bits per heavy atom. The van der Waals surface area contributed by atoms with Gasteiger partial charge in [0.1, 0.15) is 6.29 Å². The van der Waals surface area contributed by atoms with Crippen LogP contribution in [0.5, 0.6) is 0 Å². The summed E-state index contributed by atoms with van der Waals surface area (Å²) in [5.74, 6) is 0.180. The molecule has 4 nitrogen and oxygen atoms in total. The summed E-state index contributed by atoms with van der Waals surface area (Å²) in [5.41, 5.74) is 0. The number of hydrogen-bond acceptors (Lipinski definition) is 3. The first-order chi connectivity index (χ1) is 6.27. The maximum Gasteiger partial charge on any atom is 0.236 e. The lowest BCUT2D eigenvalue weighted by Gasteiger charge is -2.33. The zero-order valence-electron chi connectivity index (χ0n) is 8.03. The highest BCUT2D eigenvalue weighted by Gasteiger charge is 2.21. The predicted octanol–water partition coefficient (Wildman–Crippen LogP) is -0.261. The first kappa shape index (κ1) is 10.2. The van der Waals surface area contributed by atoms with Crippen LogP contribution in [-0.2, 0) is 9.59 Å². The van der Waals surface area contributed by atoms with Gasteiger partial charge in [0.05, 0.1) is 6.54 Å². The summed E-state index contributed by atoms with van der Waals surface area (Å²) < 4.78 is 0. The summed E-state index contributed by atoms with van der Waals surface area (Å²) in [6, 6.07) is 0. The van der Waals surface area contributed by atoms with Gasteiger partial charge in [-0.3, -0.25) is 9.69 Å². The van der Waals surface area contributed by atoms with Gasteiger partial charge in [-0.1, -0.05) is 0 Å². The van der Waals surface area contributed by atoms with Gasteiger partial charge in [0.15, 0.2) is 0 Å². The van der Waals surface area contributed by atoms with Crippen molar-refractivity contribution in [1.29, 1.82) is 0 Å². The smallest absolute Gasteiger partial charge is 0.236 e. The quantitative estimate of drug-likeness (QED) is 0.565. The maximum atomic E-state index is 11.4. The largest absolute Gasteiger partial charge is 0.341 e. The number of nitrogens with zero attached hydrogens (tertiary/aromatic N) is 2. The number of carbonyl (C=O) groups is 2. The SMILES string of the molecule is CCN1CCN(CCC=O)CC1=O. The number of amides is 1. The van der Waals surface area contributed by atoms with Crippen LogP contribution in [0, 0.1) is 0 Å². The Kier molecular flexibility index (Phi) is 3.89. The summed E-state index contributed by atoms with van der Waals surface area (Å²) >= 11 is 0. The van der Waals surface area contributed by atoms with Gasteiger partial charge in [0, 0.05) is 32.6 Å². The number of likely N-dealkylation sites (N-methyl/N-ethyl adjacent to an activating group) is 1. The van der Waals surface area contributed by atoms with E-state index in [2.05, 4.69) is 0 Å². The second-order valence-corrected chi connectivity index (χ2v) is 3.20. The van der Waals surface area contributed by atoms with Gasteiger partial charge in [-0.25, -0.2) is 0 Å². The molecule has 4 heteroatoms. The molecule has 0 aromatic carbocycles. The fraction of sp³-hybridized carbons (Fsp3) is 0.778. The van der Waals surface area contributed by atoms with Crippen LogP contribution in [0.15, 0.2) is 0 Å². The van der Waals surface area contributed by atoms with Crippen molar-refractivity contribution in [3.8, 4) is 0 Å². The standard InChI is InChI=1S/C9H16N2O2/c1-2-11-6-5-10(4-3-7-12)8-9(11)13/h7H,2-6,8H2,1H3. The molecule has 0 bridgehead atoms. The van der Waals surface area contributed by atoms with E-state index in [-0.39, 0.29) is 5.91 Å². The Balaban J connectivity index is 2.32. The van der Waals surface area contributed by atoms with E-state index in [1.807, 2.05) is 16.7 Å². The van der Waals surface area contributed by atoms with E-state index in [0.717, 1.165) is 25.9 Å². The molecule has 0 atom stereocenters. The predicted molar refractivity (Wildman–Crippen MR) is 49.4 cm³/mol. The first-order valence-electron chi connectivity index (χ1n) is 4.71. The Hall–Kier alpha value is -0.900. The summed E-state index contributed by atoms with van der Waals surface area (Å²) in [7, 11) is 0. The van der Waals surface area contributed by atoms with Crippen molar-refractivity contribution in [1.82, 2.24) is 9.80 Å². The molecule has 0 radical (unpaired) electrons. The first-order valence-corrected chi connectivity index (χ1v) is 4.71. The third-order valence-electron chi connectivity index (χ3n) is 2.34.